The summed E-state index contributed by atoms with van der Waals surface area (Å²) < 4.78 is 27.3. The lowest BCUT2D eigenvalue weighted by Gasteiger charge is -2.16. The lowest BCUT2D eigenvalue weighted by atomic mass is 10.1. The molecule has 0 spiro atoms. The summed E-state index contributed by atoms with van der Waals surface area (Å²) in [5.74, 6) is -2.59. The predicted molar refractivity (Wildman–Crippen MR) is 147 cm³/mol. The molecule has 0 bridgehead atoms. The zero-order valence-electron chi connectivity index (χ0n) is 20.6. The van der Waals surface area contributed by atoms with Crippen LogP contribution in [0.1, 0.15) is 16.9 Å². The first-order valence-electron chi connectivity index (χ1n) is 12.5. The summed E-state index contributed by atoms with van der Waals surface area (Å²) >= 11 is 1.72. The third-order valence-corrected chi connectivity index (χ3v) is 8.07. The summed E-state index contributed by atoms with van der Waals surface area (Å²) in [4.78, 5) is 17.3. The van der Waals surface area contributed by atoms with Crippen molar-refractivity contribution in [2.75, 3.05) is 13.1 Å². The Morgan fingerprint density at radius 2 is 1.95 bits per heavy atom. The number of hydrogen-bond donors (Lipinski definition) is 2. The second-order valence-electron chi connectivity index (χ2n) is 9.90. The molecule has 0 unspecified atom stereocenters. The molecular weight excluding hydrogens is 502 g/mol. The lowest BCUT2D eigenvalue weighted by Crippen LogP contribution is -2.24. The summed E-state index contributed by atoms with van der Waals surface area (Å²) in [6.07, 6.45) is 1.74. The first-order chi connectivity index (χ1) is 18.4. The third-order valence-electron chi connectivity index (χ3n) is 7.06. The van der Waals surface area contributed by atoms with E-state index in [1.807, 2.05) is 48.7 Å². The number of hydrogen-bond acceptors (Lipinski definition) is 5. The fourth-order valence-corrected chi connectivity index (χ4v) is 6.09. The monoisotopic (exact) mass is 526 g/mol. The molecule has 6 heterocycles. The van der Waals surface area contributed by atoms with Crippen molar-refractivity contribution >= 4 is 33.3 Å². The molecule has 190 valence electrons. The van der Waals surface area contributed by atoms with E-state index in [1.165, 1.54) is 4.88 Å². The Morgan fingerprint density at radius 1 is 1.03 bits per heavy atom. The number of aryl methyl sites for hydroxylation is 1. The van der Waals surface area contributed by atoms with Gasteiger partial charge in [-0.3, -0.25) is 15.0 Å². The van der Waals surface area contributed by atoms with Crippen molar-refractivity contribution in [2.45, 2.75) is 25.8 Å². The molecule has 1 aliphatic heterocycles. The van der Waals surface area contributed by atoms with Crippen molar-refractivity contribution in [3.8, 4) is 33.2 Å². The molecule has 0 amide bonds. The van der Waals surface area contributed by atoms with Crippen LogP contribution < -0.4 is 0 Å². The van der Waals surface area contributed by atoms with Crippen molar-refractivity contribution in [3.63, 3.8) is 0 Å². The van der Waals surface area contributed by atoms with Crippen LogP contribution in [0.2, 0.25) is 0 Å². The summed E-state index contributed by atoms with van der Waals surface area (Å²) in [5.41, 5.74) is 7.89. The molecular formula is C29H24F2N6S. The molecule has 2 N–H and O–H groups in total. The van der Waals surface area contributed by atoms with Crippen LogP contribution in [0.4, 0.5) is 8.78 Å². The number of halogens is 2. The molecule has 0 saturated carbocycles. The van der Waals surface area contributed by atoms with Crippen molar-refractivity contribution in [1.82, 2.24) is 30.0 Å². The van der Waals surface area contributed by atoms with E-state index in [4.69, 9.17) is 4.98 Å². The number of alkyl halides is 2. The number of likely N-dealkylation sites (tertiary alicyclic amines) is 1. The van der Waals surface area contributed by atoms with E-state index in [1.54, 1.807) is 16.2 Å². The first kappa shape index (κ1) is 23.2. The van der Waals surface area contributed by atoms with E-state index in [-0.39, 0.29) is 13.0 Å². The van der Waals surface area contributed by atoms with Crippen LogP contribution in [0.15, 0.2) is 66.9 Å². The fourth-order valence-electron chi connectivity index (χ4n) is 5.22. The van der Waals surface area contributed by atoms with E-state index in [0.29, 0.717) is 13.1 Å². The number of H-pyrrole nitrogens is 2. The van der Waals surface area contributed by atoms with E-state index >= 15 is 0 Å². The minimum atomic E-state index is -2.59. The molecule has 0 atom stereocenters. The minimum absolute atomic E-state index is 0.0769. The minimum Gasteiger partial charge on any atom is -0.353 e. The van der Waals surface area contributed by atoms with Crippen molar-refractivity contribution in [1.29, 1.82) is 0 Å². The highest BCUT2D eigenvalue weighted by Gasteiger charge is 2.37. The quantitative estimate of drug-likeness (QED) is 0.253. The van der Waals surface area contributed by atoms with E-state index in [9.17, 15) is 8.78 Å². The van der Waals surface area contributed by atoms with Gasteiger partial charge in [0.05, 0.1) is 34.0 Å². The molecule has 0 radical (unpaired) electrons. The van der Waals surface area contributed by atoms with Gasteiger partial charge in [0.25, 0.3) is 5.92 Å². The second kappa shape index (κ2) is 8.82. The Balaban J connectivity index is 1.24. The topological polar surface area (TPSA) is 73.5 Å². The van der Waals surface area contributed by atoms with Gasteiger partial charge in [-0.05, 0) is 55.0 Å². The van der Waals surface area contributed by atoms with Gasteiger partial charge >= 0.3 is 0 Å². The van der Waals surface area contributed by atoms with Gasteiger partial charge in [0.2, 0.25) is 0 Å². The highest BCUT2D eigenvalue weighted by molar-refractivity contribution is 7.15. The number of thiophene rings is 1. The standard InChI is InChI=1S/C29H24F2N6S/c1-17-5-8-25(38-17)26-20-14-24(33-22(20)9-11-32-26)28-27-23(35-36-28)7-6-21(34-27)19-4-2-3-18(13-19)15-37-12-10-29(30,31)16-37/h2-9,11,13-14,33H,10,12,15-16H2,1H3,(H,35,36). The summed E-state index contributed by atoms with van der Waals surface area (Å²) in [6.45, 7) is 2.82. The maximum atomic E-state index is 13.6. The molecule has 6 aromatic rings. The molecule has 38 heavy (non-hydrogen) atoms. The zero-order chi connectivity index (χ0) is 25.9. The zero-order valence-corrected chi connectivity index (χ0v) is 21.4. The largest absolute Gasteiger partial charge is 0.353 e. The van der Waals surface area contributed by atoms with Gasteiger partial charge in [-0.15, -0.1) is 11.3 Å². The number of aromatic amines is 2. The average Bonchev–Trinajstić information content (AvgIpc) is 3.69. The number of aromatic nitrogens is 5. The van der Waals surface area contributed by atoms with E-state index in [0.717, 1.165) is 60.7 Å². The van der Waals surface area contributed by atoms with Gasteiger partial charge in [-0.1, -0.05) is 18.2 Å². The van der Waals surface area contributed by atoms with Crippen LogP contribution in [0.5, 0.6) is 0 Å². The Bertz CT molecular complexity index is 1800. The molecule has 1 fully saturated rings. The maximum absolute atomic E-state index is 13.6. The molecule has 7 rings (SSSR count). The molecule has 1 aliphatic rings. The Kier molecular flexibility index (Phi) is 5.38. The second-order valence-corrected chi connectivity index (χ2v) is 11.2. The van der Waals surface area contributed by atoms with Gasteiger partial charge in [-0.2, -0.15) is 5.10 Å². The molecule has 0 aliphatic carbocycles. The first-order valence-corrected chi connectivity index (χ1v) is 13.3. The summed E-state index contributed by atoms with van der Waals surface area (Å²) in [6, 6.07) is 20.2. The highest BCUT2D eigenvalue weighted by Crippen LogP contribution is 2.35. The molecule has 5 aromatic heterocycles. The van der Waals surface area contributed by atoms with Crippen molar-refractivity contribution < 1.29 is 8.78 Å². The Hall–Kier alpha value is -3.95. The maximum Gasteiger partial charge on any atom is 0.261 e. The number of pyridine rings is 2. The molecule has 1 saturated heterocycles. The Labute approximate surface area is 221 Å². The fraction of sp³-hybridized carbons (Fsp3) is 0.207. The number of nitrogens with one attached hydrogen (secondary N) is 2. The SMILES string of the molecule is Cc1ccc(-c2nccc3[nH]c(-c4n[nH]c5ccc(-c6cccc(CN7CCC(F)(F)C7)c6)nc45)cc23)s1. The van der Waals surface area contributed by atoms with Gasteiger partial charge in [-0.25, -0.2) is 13.8 Å². The summed E-state index contributed by atoms with van der Waals surface area (Å²) in [7, 11) is 0. The molecule has 9 heteroatoms. The van der Waals surface area contributed by atoms with Crippen LogP contribution >= 0.6 is 11.3 Å². The average molecular weight is 527 g/mol. The number of benzene rings is 1. The van der Waals surface area contributed by atoms with Crippen LogP contribution in [0.25, 0.3) is 55.2 Å². The number of nitrogens with zero attached hydrogens (tertiary/aromatic N) is 4. The van der Waals surface area contributed by atoms with Gasteiger partial charge < -0.3 is 4.98 Å². The van der Waals surface area contributed by atoms with Gasteiger partial charge in [0.1, 0.15) is 11.2 Å². The predicted octanol–water partition coefficient (Wildman–Crippen LogP) is 7.05. The molecule has 1 aromatic carbocycles. The number of fused-ring (bicyclic) bond motifs is 2. The third kappa shape index (κ3) is 4.17. The van der Waals surface area contributed by atoms with Crippen LogP contribution in [-0.2, 0) is 6.54 Å². The lowest BCUT2D eigenvalue weighted by molar-refractivity contribution is 0.0115. The van der Waals surface area contributed by atoms with E-state index < -0.39 is 5.92 Å². The van der Waals surface area contributed by atoms with Crippen molar-refractivity contribution in [3.05, 3.63) is 77.3 Å². The van der Waals surface area contributed by atoms with Crippen LogP contribution in [0, 0.1) is 6.92 Å². The van der Waals surface area contributed by atoms with E-state index in [2.05, 4.69) is 45.3 Å². The van der Waals surface area contributed by atoms with Crippen LogP contribution in [-0.4, -0.2) is 49.1 Å². The van der Waals surface area contributed by atoms with Gasteiger partial charge in [0, 0.05) is 47.1 Å². The smallest absolute Gasteiger partial charge is 0.261 e. The normalized spacial score (nSPS) is 15.7. The van der Waals surface area contributed by atoms with Crippen molar-refractivity contribution in [2.24, 2.45) is 0 Å². The molecule has 6 nitrogen and oxygen atoms in total. The van der Waals surface area contributed by atoms with Gasteiger partial charge in [0.15, 0.2) is 0 Å². The Morgan fingerprint density at radius 3 is 2.76 bits per heavy atom. The summed E-state index contributed by atoms with van der Waals surface area (Å²) in [5, 5.41) is 8.73. The van der Waals surface area contributed by atoms with Crippen LogP contribution in [0.3, 0.4) is 0 Å². The number of rotatable bonds is 5. The highest BCUT2D eigenvalue weighted by atomic mass is 32.1.